The predicted octanol–water partition coefficient (Wildman–Crippen LogP) is 2.61. The molecule has 7 nitrogen and oxygen atoms in total. The molecule has 0 N–H and O–H groups in total. The normalized spacial score (nSPS) is 18.5. The third-order valence-corrected chi connectivity index (χ3v) is 5.51. The lowest BCUT2D eigenvalue weighted by atomic mass is 9.86. The molecule has 1 heterocycles. The van der Waals surface area contributed by atoms with Gasteiger partial charge in [0.1, 0.15) is 17.4 Å². The first-order valence-corrected chi connectivity index (χ1v) is 10.2. The number of hydrogen-bond donors (Lipinski definition) is 0. The summed E-state index contributed by atoms with van der Waals surface area (Å²) in [6.45, 7) is 1.11. The van der Waals surface area contributed by atoms with Crippen molar-refractivity contribution in [2.24, 2.45) is 5.92 Å². The highest BCUT2D eigenvalue weighted by atomic mass is 16.5. The zero-order valence-electron chi connectivity index (χ0n) is 18.3. The topological polar surface area (TPSA) is 76.2 Å². The maximum absolute atomic E-state index is 13.4. The predicted molar refractivity (Wildman–Crippen MR) is 116 cm³/mol. The van der Waals surface area contributed by atoms with E-state index in [4.69, 9.17) is 9.47 Å². The first kappa shape index (κ1) is 22.5. The van der Waals surface area contributed by atoms with Crippen LogP contribution in [0.2, 0.25) is 0 Å². The third kappa shape index (κ3) is 4.61. The Hall–Kier alpha value is -3.19. The highest BCUT2D eigenvalue weighted by Crippen LogP contribution is 2.42. The largest absolute Gasteiger partial charge is 0.497 e. The molecular weight excluding hydrogens is 396 g/mol. The summed E-state index contributed by atoms with van der Waals surface area (Å²) >= 11 is 0. The van der Waals surface area contributed by atoms with Crippen LogP contribution < -0.4 is 9.47 Å². The van der Waals surface area contributed by atoms with Crippen molar-refractivity contribution in [3.63, 3.8) is 0 Å². The van der Waals surface area contributed by atoms with Gasteiger partial charge in [0, 0.05) is 23.7 Å². The SMILES string of the molecule is COc1ccc(C2C(C(=O)c3ccccc3)C(=O)C(=O)N2CCCN(C)C)c(OC)c1. The van der Waals surface area contributed by atoms with E-state index in [2.05, 4.69) is 0 Å². The number of ether oxygens (including phenoxy) is 2. The lowest BCUT2D eigenvalue weighted by Crippen LogP contribution is -2.33. The molecule has 0 spiro atoms. The molecule has 2 unspecified atom stereocenters. The van der Waals surface area contributed by atoms with Crippen molar-refractivity contribution in [2.45, 2.75) is 12.5 Å². The number of ketones is 2. The van der Waals surface area contributed by atoms with Gasteiger partial charge in [-0.1, -0.05) is 30.3 Å². The number of rotatable bonds is 9. The zero-order chi connectivity index (χ0) is 22.5. The molecular formula is C24H28N2O5. The minimum atomic E-state index is -1.13. The number of likely N-dealkylation sites (tertiary alicyclic amines) is 1. The summed E-state index contributed by atoms with van der Waals surface area (Å²) in [7, 11) is 6.96. The molecule has 0 aromatic heterocycles. The molecule has 1 amide bonds. The van der Waals surface area contributed by atoms with Gasteiger partial charge in [-0.2, -0.15) is 0 Å². The van der Waals surface area contributed by atoms with Crippen LogP contribution in [0.5, 0.6) is 11.5 Å². The lowest BCUT2D eigenvalue weighted by Gasteiger charge is -2.29. The quantitative estimate of drug-likeness (QED) is 0.350. The smallest absolute Gasteiger partial charge is 0.291 e. The van der Waals surface area contributed by atoms with E-state index in [1.165, 1.54) is 12.0 Å². The maximum atomic E-state index is 13.4. The Morgan fingerprint density at radius 2 is 1.74 bits per heavy atom. The van der Waals surface area contributed by atoms with Gasteiger partial charge >= 0.3 is 0 Å². The maximum Gasteiger partial charge on any atom is 0.291 e. The number of methoxy groups -OCH3 is 2. The molecule has 0 radical (unpaired) electrons. The molecule has 2 aromatic carbocycles. The zero-order valence-corrected chi connectivity index (χ0v) is 18.3. The molecule has 7 heteroatoms. The average Bonchev–Trinajstić information content (AvgIpc) is 3.03. The van der Waals surface area contributed by atoms with Gasteiger partial charge in [-0.3, -0.25) is 14.4 Å². The minimum absolute atomic E-state index is 0.362. The van der Waals surface area contributed by atoms with E-state index in [0.29, 0.717) is 35.6 Å². The van der Waals surface area contributed by atoms with Gasteiger partial charge in [0.2, 0.25) is 5.78 Å². The average molecular weight is 424 g/mol. The lowest BCUT2D eigenvalue weighted by molar-refractivity contribution is -0.140. The van der Waals surface area contributed by atoms with Gasteiger partial charge in [-0.15, -0.1) is 0 Å². The van der Waals surface area contributed by atoms with Gasteiger partial charge in [0.25, 0.3) is 5.91 Å². The number of benzene rings is 2. The highest BCUT2D eigenvalue weighted by molar-refractivity contribution is 6.44. The van der Waals surface area contributed by atoms with Crippen LogP contribution in [-0.2, 0) is 9.59 Å². The van der Waals surface area contributed by atoms with Crippen molar-refractivity contribution in [1.29, 1.82) is 0 Å². The van der Waals surface area contributed by atoms with E-state index < -0.39 is 23.7 Å². The molecule has 0 saturated carbocycles. The Morgan fingerprint density at radius 1 is 1.03 bits per heavy atom. The Balaban J connectivity index is 2.07. The van der Waals surface area contributed by atoms with E-state index in [0.717, 1.165) is 6.54 Å². The number of carbonyl (C=O) groups is 3. The number of amides is 1. The fourth-order valence-corrected chi connectivity index (χ4v) is 3.98. The minimum Gasteiger partial charge on any atom is -0.497 e. The second kappa shape index (κ2) is 9.75. The molecule has 1 saturated heterocycles. The van der Waals surface area contributed by atoms with Gasteiger partial charge in [-0.05, 0) is 39.2 Å². The van der Waals surface area contributed by atoms with Crippen molar-refractivity contribution in [1.82, 2.24) is 9.80 Å². The molecule has 0 aliphatic carbocycles. The molecule has 1 fully saturated rings. The van der Waals surface area contributed by atoms with Crippen molar-refractivity contribution in [3.05, 3.63) is 59.7 Å². The van der Waals surface area contributed by atoms with Crippen LogP contribution >= 0.6 is 0 Å². The van der Waals surface area contributed by atoms with Crippen LogP contribution in [-0.4, -0.2) is 68.7 Å². The molecule has 0 bridgehead atoms. The number of Topliss-reactive ketones (excluding diaryl/α,β-unsaturated/α-hetero) is 2. The molecule has 31 heavy (non-hydrogen) atoms. The van der Waals surface area contributed by atoms with Gasteiger partial charge in [0.15, 0.2) is 5.78 Å². The fourth-order valence-electron chi connectivity index (χ4n) is 3.98. The molecule has 2 aromatic rings. The van der Waals surface area contributed by atoms with Crippen LogP contribution in [0.15, 0.2) is 48.5 Å². The Kier molecular flexibility index (Phi) is 7.07. The monoisotopic (exact) mass is 424 g/mol. The summed E-state index contributed by atoms with van der Waals surface area (Å²) < 4.78 is 10.8. The van der Waals surface area contributed by atoms with E-state index in [1.807, 2.05) is 19.0 Å². The number of hydrogen-bond acceptors (Lipinski definition) is 6. The summed E-state index contributed by atoms with van der Waals surface area (Å²) in [6.07, 6.45) is 0.674. The van der Waals surface area contributed by atoms with Crippen LogP contribution in [0.3, 0.4) is 0 Å². The van der Waals surface area contributed by atoms with Crippen LogP contribution in [0.4, 0.5) is 0 Å². The fraction of sp³-hybridized carbons (Fsp3) is 0.375. The van der Waals surface area contributed by atoms with Crippen molar-refractivity contribution >= 4 is 17.5 Å². The number of carbonyl (C=O) groups excluding carboxylic acids is 3. The molecule has 2 atom stereocenters. The Morgan fingerprint density at radius 3 is 2.35 bits per heavy atom. The Bertz CT molecular complexity index is 958. The van der Waals surface area contributed by atoms with Gasteiger partial charge in [0.05, 0.1) is 20.3 Å². The van der Waals surface area contributed by atoms with Crippen LogP contribution in [0.1, 0.15) is 28.4 Å². The van der Waals surface area contributed by atoms with Gasteiger partial charge < -0.3 is 19.3 Å². The highest BCUT2D eigenvalue weighted by Gasteiger charge is 2.52. The van der Waals surface area contributed by atoms with Gasteiger partial charge in [-0.25, -0.2) is 0 Å². The summed E-state index contributed by atoms with van der Waals surface area (Å²) in [5, 5.41) is 0. The summed E-state index contributed by atoms with van der Waals surface area (Å²) in [6, 6.07) is 13.1. The Labute approximate surface area is 182 Å². The van der Waals surface area contributed by atoms with Crippen molar-refractivity contribution in [3.8, 4) is 11.5 Å². The first-order valence-electron chi connectivity index (χ1n) is 10.2. The second-order valence-corrected chi connectivity index (χ2v) is 7.78. The van der Waals surface area contributed by atoms with E-state index in [-0.39, 0.29) is 5.78 Å². The molecule has 1 aliphatic rings. The van der Waals surface area contributed by atoms with Crippen molar-refractivity contribution in [2.75, 3.05) is 41.4 Å². The molecule has 164 valence electrons. The summed E-state index contributed by atoms with van der Waals surface area (Å²) in [4.78, 5) is 42.9. The molecule has 1 aliphatic heterocycles. The van der Waals surface area contributed by atoms with E-state index in [9.17, 15) is 14.4 Å². The van der Waals surface area contributed by atoms with E-state index >= 15 is 0 Å². The second-order valence-electron chi connectivity index (χ2n) is 7.78. The van der Waals surface area contributed by atoms with Crippen LogP contribution in [0.25, 0.3) is 0 Å². The van der Waals surface area contributed by atoms with Crippen molar-refractivity contribution < 1.29 is 23.9 Å². The summed E-state index contributed by atoms with van der Waals surface area (Å²) in [5.74, 6) is -1.75. The molecule has 3 rings (SSSR count). The third-order valence-electron chi connectivity index (χ3n) is 5.51. The summed E-state index contributed by atoms with van der Waals surface area (Å²) in [5.41, 5.74) is 1.02. The first-order chi connectivity index (χ1) is 14.9. The van der Waals surface area contributed by atoms with E-state index in [1.54, 1.807) is 55.6 Å². The van der Waals surface area contributed by atoms with Crippen LogP contribution in [0, 0.1) is 5.92 Å². The standard InChI is InChI=1S/C24H28N2O5/c1-25(2)13-8-14-26-21(18-12-11-17(30-3)15-19(18)31-4)20(23(28)24(26)29)22(27)16-9-6-5-7-10-16/h5-7,9-12,15,20-21H,8,13-14H2,1-4H3. The number of nitrogens with zero attached hydrogens (tertiary/aromatic N) is 2.